The van der Waals surface area contributed by atoms with E-state index in [1.807, 2.05) is 26.0 Å². The molecule has 4 N–H and O–H groups in total. The number of aryl methyl sites for hydroxylation is 2. The van der Waals surface area contributed by atoms with Crippen molar-refractivity contribution in [2.24, 2.45) is 5.73 Å². The molecule has 3 aromatic rings. The molecule has 0 saturated carbocycles. The minimum atomic E-state index is -4.02. The van der Waals surface area contributed by atoms with Crippen LogP contribution >= 0.6 is 11.6 Å². The first-order valence-electron chi connectivity index (χ1n) is 11.0. The Kier molecular flexibility index (Phi) is 10.8. The Hall–Kier alpha value is -2.54. The summed E-state index contributed by atoms with van der Waals surface area (Å²) in [5.74, 6) is 0. The van der Waals surface area contributed by atoms with Gasteiger partial charge in [-0.1, -0.05) is 47.0 Å². The SMILES string of the molecule is Cc1ccc(S(=O)(=O)O)cc1.Cc1ccc(S(=O)(=O)O)cc1.N[C@H]1CCCN(c2ccc(Cl)nc2)C1. The van der Waals surface area contributed by atoms with Crippen molar-refractivity contribution in [2.45, 2.75) is 42.5 Å². The average molecular weight is 556 g/mol. The third-order valence-electron chi connectivity index (χ3n) is 5.17. The Balaban J connectivity index is 0.000000193. The van der Waals surface area contributed by atoms with Crippen LogP contribution in [0.2, 0.25) is 5.15 Å². The second-order valence-corrected chi connectivity index (χ2v) is 11.5. The Morgan fingerprint density at radius 3 is 1.69 bits per heavy atom. The van der Waals surface area contributed by atoms with E-state index in [4.69, 9.17) is 26.4 Å². The van der Waals surface area contributed by atoms with Gasteiger partial charge < -0.3 is 10.6 Å². The molecule has 2 heterocycles. The molecule has 0 bridgehead atoms. The maximum absolute atomic E-state index is 10.5. The standard InChI is InChI=1S/C10H14ClN3.2C7H8O3S/c11-10-4-3-9(6-13-10)14-5-1-2-8(12)7-14;2*1-6-2-4-7(5-3-6)11(8,9)10/h3-4,6,8H,1-2,5,7,12H2;2*2-5H,1H3,(H,8,9,10)/t8-;;/m0../s1. The summed E-state index contributed by atoms with van der Waals surface area (Å²) in [6, 6.07) is 16.1. The smallest absolute Gasteiger partial charge is 0.294 e. The van der Waals surface area contributed by atoms with Gasteiger partial charge in [-0.15, -0.1) is 0 Å². The number of halogens is 1. The van der Waals surface area contributed by atoms with Crippen LogP contribution in [0.15, 0.2) is 76.7 Å². The molecule has 0 unspecified atom stereocenters. The van der Waals surface area contributed by atoms with Gasteiger partial charge in [0.2, 0.25) is 0 Å². The number of nitrogens with zero attached hydrogens (tertiary/aromatic N) is 2. The maximum atomic E-state index is 10.5. The van der Waals surface area contributed by atoms with Crippen LogP contribution in [0.1, 0.15) is 24.0 Å². The van der Waals surface area contributed by atoms with E-state index in [2.05, 4.69) is 9.88 Å². The Bertz CT molecular complexity index is 1240. The molecule has 4 rings (SSSR count). The molecule has 36 heavy (non-hydrogen) atoms. The number of aromatic nitrogens is 1. The zero-order valence-electron chi connectivity index (χ0n) is 20.0. The van der Waals surface area contributed by atoms with Crippen LogP contribution in [0.4, 0.5) is 5.69 Å². The van der Waals surface area contributed by atoms with Crippen molar-refractivity contribution in [3.63, 3.8) is 0 Å². The fraction of sp³-hybridized carbons (Fsp3) is 0.292. The number of pyridine rings is 1. The molecule has 2 aromatic carbocycles. The predicted molar refractivity (Wildman–Crippen MR) is 141 cm³/mol. The quantitative estimate of drug-likeness (QED) is 0.320. The molecular formula is C24H30ClN3O6S2. The van der Waals surface area contributed by atoms with Crippen LogP contribution in [0.25, 0.3) is 0 Å². The van der Waals surface area contributed by atoms with E-state index in [9.17, 15) is 16.8 Å². The number of nitrogens with two attached hydrogens (primary N) is 1. The molecule has 1 aliphatic rings. The van der Waals surface area contributed by atoms with Crippen LogP contribution in [-0.4, -0.2) is 50.1 Å². The van der Waals surface area contributed by atoms with Crippen LogP contribution in [0.3, 0.4) is 0 Å². The predicted octanol–water partition coefficient (Wildman–Crippen LogP) is 4.15. The van der Waals surface area contributed by atoms with Gasteiger partial charge >= 0.3 is 0 Å². The topological polar surface area (TPSA) is 151 Å². The maximum Gasteiger partial charge on any atom is 0.294 e. The Morgan fingerprint density at radius 1 is 0.861 bits per heavy atom. The molecule has 0 aliphatic carbocycles. The summed E-state index contributed by atoms with van der Waals surface area (Å²) in [5.41, 5.74) is 8.93. The zero-order chi connectivity index (χ0) is 26.9. The lowest BCUT2D eigenvalue weighted by molar-refractivity contribution is 0.481. The van der Waals surface area contributed by atoms with Gasteiger partial charge in [-0.05, 0) is 63.1 Å². The van der Waals surface area contributed by atoms with Crippen molar-refractivity contribution in [1.29, 1.82) is 0 Å². The van der Waals surface area contributed by atoms with Crippen molar-refractivity contribution < 1.29 is 25.9 Å². The third-order valence-corrected chi connectivity index (χ3v) is 7.13. The van der Waals surface area contributed by atoms with Crippen molar-refractivity contribution in [3.8, 4) is 0 Å². The van der Waals surface area contributed by atoms with Crippen molar-refractivity contribution in [3.05, 3.63) is 83.1 Å². The number of piperidine rings is 1. The first-order valence-corrected chi connectivity index (χ1v) is 14.2. The molecular weight excluding hydrogens is 526 g/mol. The number of hydrogen-bond donors (Lipinski definition) is 3. The minimum Gasteiger partial charge on any atom is -0.369 e. The van der Waals surface area contributed by atoms with E-state index in [1.165, 1.54) is 24.3 Å². The first-order chi connectivity index (χ1) is 16.8. The molecule has 1 saturated heterocycles. The van der Waals surface area contributed by atoms with E-state index in [1.54, 1.807) is 30.5 Å². The van der Waals surface area contributed by atoms with Gasteiger partial charge in [0, 0.05) is 19.1 Å². The highest BCUT2D eigenvalue weighted by Crippen LogP contribution is 2.19. The summed E-state index contributed by atoms with van der Waals surface area (Å²) < 4.78 is 59.1. The van der Waals surface area contributed by atoms with Gasteiger partial charge in [-0.3, -0.25) is 9.11 Å². The molecule has 1 aliphatic heterocycles. The van der Waals surface area contributed by atoms with Crippen molar-refractivity contribution >= 4 is 37.5 Å². The molecule has 1 atom stereocenters. The van der Waals surface area contributed by atoms with Gasteiger partial charge in [0.05, 0.1) is 21.7 Å². The summed E-state index contributed by atoms with van der Waals surface area (Å²) in [6.45, 7) is 5.67. The number of hydrogen-bond acceptors (Lipinski definition) is 7. The van der Waals surface area contributed by atoms with Gasteiger partial charge in [-0.25, -0.2) is 4.98 Å². The highest BCUT2D eigenvalue weighted by atomic mass is 35.5. The number of anilines is 1. The molecule has 0 spiro atoms. The molecule has 1 aromatic heterocycles. The number of rotatable bonds is 3. The lowest BCUT2D eigenvalue weighted by Crippen LogP contribution is -2.42. The van der Waals surface area contributed by atoms with E-state index in [0.29, 0.717) is 11.2 Å². The summed E-state index contributed by atoms with van der Waals surface area (Å²) in [6.07, 6.45) is 4.09. The largest absolute Gasteiger partial charge is 0.369 e. The molecule has 9 nitrogen and oxygen atoms in total. The highest BCUT2D eigenvalue weighted by molar-refractivity contribution is 7.86. The molecule has 0 amide bonds. The Morgan fingerprint density at radius 2 is 1.33 bits per heavy atom. The fourth-order valence-corrected chi connectivity index (χ4v) is 4.29. The molecule has 1 fully saturated rings. The van der Waals surface area contributed by atoms with E-state index >= 15 is 0 Å². The minimum absolute atomic E-state index is 0.0666. The van der Waals surface area contributed by atoms with E-state index < -0.39 is 20.2 Å². The number of benzene rings is 2. The monoisotopic (exact) mass is 555 g/mol. The normalized spacial score (nSPS) is 15.7. The van der Waals surface area contributed by atoms with Crippen molar-refractivity contribution in [1.82, 2.24) is 4.98 Å². The summed E-state index contributed by atoms with van der Waals surface area (Å²) in [7, 11) is -8.04. The van der Waals surface area contributed by atoms with E-state index in [0.717, 1.165) is 42.7 Å². The lowest BCUT2D eigenvalue weighted by atomic mass is 10.1. The van der Waals surface area contributed by atoms with Gasteiger partial charge in [0.1, 0.15) is 5.15 Å². The average Bonchev–Trinajstić information content (AvgIpc) is 2.80. The third kappa shape index (κ3) is 10.2. The first kappa shape index (κ1) is 29.7. The van der Waals surface area contributed by atoms with Gasteiger partial charge in [0.15, 0.2) is 0 Å². The molecule has 0 radical (unpaired) electrons. The second kappa shape index (κ2) is 13.1. The Labute approximate surface area is 217 Å². The fourth-order valence-electron chi connectivity index (χ4n) is 3.22. The van der Waals surface area contributed by atoms with Crippen molar-refractivity contribution in [2.75, 3.05) is 18.0 Å². The second-order valence-electron chi connectivity index (χ2n) is 8.26. The molecule has 196 valence electrons. The lowest BCUT2D eigenvalue weighted by Gasteiger charge is -2.32. The van der Waals surface area contributed by atoms with Crippen LogP contribution < -0.4 is 10.6 Å². The van der Waals surface area contributed by atoms with Crippen LogP contribution in [-0.2, 0) is 20.2 Å². The molecule has 12 heteroatoms. The van der Waals surface area contributed by atoms with Gasteiger partial charge in [0.25, 0.3) is 20.2 Å². The van der Waals surface area contributed by atoms with Crippen LogP contribution in [0, 0.1) is 13.8 Å². The van der Waals surface area contributed by atoms with Gasteiger partial charge in [-0.2, -0.15) is 16.8 Å². The van der Waals surface area contributed by atoms with Crippen LogP contribution in [0.5, 0.6) is 0 Å². The highest BCUT2D eigenvalue weighted by Gasteiger charge is 2.16. The van der Waals surface area contributed by atoms with E-state index in [-0.39, 0.29) is 9.79 Å². The summed E-state index contributed by atoms with van der Waals surface area (Å²) in [4.78, 5) is 6.19. The summed E-state index contributed by atoms with van der Waals surface area (Å²) >= 11 is 5.72. The summed E-state index contributed by atoms with van der Waals surface area (Å²) in [5, 5.41) is 0.537. The zero-order valence-corrected chi connectivity index (χ0v) is 22.3.